The van der Waals surface area contributed by atoms with Crippen molar-refractivity contribution >= 4 is 22.7 Å². The smallest absolute Gasteiger partial charge is 0.251 e. The molecule has 3 N–H and O–H groups in total. The molecule has 3 aromatic rings. The molecule has 0 spiro atoms. The van der Waals surface area contributed by atoms with Gasteiger partial charge in [0.05, 0.1) is 11.4 Å². The average molecular weight is 419 g/mol. The Balaban J connectivity index is 1.40. The third-order valence-corrected chi connectivity index (χ3v) is 5.72. The molecule has 0 bridgehead atoms. The molecule has 7 nitrogen and oxygen atoms in total. The minimum atomic E-state index is -0.453. The first kappa shape index (κ1) is 20.8. The van der Waals surface area contributed by atoms with Crippen LogP contribution in [0.3, 0.4) is 0 Å². The number of nitrogens with one attached hydrogen (secondary N) is 2. The zero-order chi connectivity index (χ0) is 21.8. The first-order valence-corrected chi connectivity index (χ1v) is 10.4. The maximum absolute atomic E-state index is 12.6. The Bertz CT molecular complexity index is 1100. The van der Waals surface area contributed by atoms with Gasteiger partial charge < -0.3 is 10.1 Å². The van der Waals surface area contributed by atoms with Crippen molar-refractivity contribution in [3.8, 4) is 5.75 Å². The van der Waals surface area contributed by atoms with Crippen molar-refractivity contribution in [2.75, 3.05) is 0 Å². The van der Waals surface area contributed by atoms with Crippen LogP contribution < -0.4 is 15.5 Å². The Hall–Kier alpha value is -3.45. The fourth-order valence-corrected chi connectivity index (χ4v) is 4.16. The van der Waals surface area contributed by atoms with Gasteiger partial charge in [-0.1, -0.05) is 24.6 Å². The van der Waals surface area contributed by atoms with Crippen LogP contribution in [0.25, 0.3) is 10.9 Å². The van der Waals surface area contributed by atoms with E-state index in [-0.39, 0.29) is 11.9 Å². The van der Waals surface area contributed by atoms with Gasteiger partial charge >= 0.3 is 0 Å². The molecular weight excluding hydrogens is 394 g/mol. The van der Waals surface area contributed by atoms with E-state index in [1.54, 1.807) is 29.7 Å². The van der Waals surface area contributed by atoms with Gasteiger partial charge in [0.15, 0.2) is 0 Å². The summed E-state index contributed by atoms with van der Waals surface area (Å²) < 4.78 is 5.95. The summed E-state index contributed by atoms with van der Waals surface area (Å²) >= 11 is 0. The van der Waals surface area contributed by atoms with Crippen LogP contribution in [0.2, 0.25) is 0 Å². The second kappa shape index (κ2) is 9.14. The van der Waals surface area contributed by atoms with Crippen LogP contribution in [0.15, 0.2) is 54.6 Å². The number of hydrogen-bond acceptors (Lipinski definition) is 5. The normalized spacial score (nSPS) is 18.0. The van der Waals surface area contributed by atoms with Crippen LogP contribution in [0, 0.1) is 12.8 Å². The van der Waals surface area contributed by atoms with Crippen molar-refractivity contribution in [1.82, 2.24) is 15.8 Å². The van der Waals surface area contributed by atoms with E-state index >= 15 is 0 Å². The van der Waals surface area contributed by atoms with Gasteiger partial charge in [-0.25, -0.2) is 5.48 Å². The summed E-state index contributed by atoms with van der Waals surface area (Å²) in [4.78, 5) is 28.9. The average Bonchev–Trinajstić information content (AvgIpc) is 3.25. The van der Waals surface area contributed by atoms with Crippen LogP contribution in [-0.2, 0) is 11.4 Å². The first-order chi connectivity index (χ1) is 15.0. The monoisotopic (exact) mass is 419 g/mol. The van der Waals surface area contributed by atoms with Crippen LogP contribution in [0.1, 0.15) is 40.9 Å². The van der Waals surface area contributed by atoms with Gasteiger partial charge in [-0.2, -0.15) is 0 Å². The van der Waals surface area contributed by atoms with Gasteiger partial charge in [-0.15, -0.1) is 0 Å². The SMILES string of the molecule is Cc1cc(COc2ccc(C(=O)N[C@H]3CCC[C@@H]3C(=O)NO)cc2)c2ccccc2n1. The molecule has 7 heteroatoms. The number of hydrogen-bond donors (Lipinski definition) is 3. The number of aryl methyl sites for hydroxylation is 1. The van der Waals surface area contributed by atoms with Gasteiger partial charge in [0.1, 0.15) is 12.4 Å². The zero-order valence-electron chi connectivity index (χ0n) is 17.3. The molecule has 0 radical (unpaired) electrons. The van der Waals surface area contributed by atoms with E-state index < -0.39 is 11.8 Å². The molecule has 2 aromatic carbocycles. The molecule has 1 aromatic heterocycles. The molecule has 1 aliphatic rings. The summed E-state index contributed by atoms with van der Waals surface area (Å²) in [6.45, 7) is 2.36. The third kappa shape index (κ3) is 4.67. The molecule has 1 heterocycles. The van der Waals surface area contributed by atoms with E-state index in [9.17, 15) is 9.59 Å². The first-order valence-electron chi connectivity index (χ1n) is 10.4. The Labute approximate surface area is 180 Å². The van der Waals surface area contributed by atoms with Crippen LogP contribution >= 0.6 is 0 Å². The summed E-state index contributed by atoms with van der Waals surface area (Å²) in [6, 6.07) is 16.6. The molecule has 1 saturated carbocycles. The second-order valence-corrected chi connectivity index (χ2v) is 7.85. The van der Waals surface area contributed by atoms with E-state index in [0.29, 0.717) is 30.8 Å². The maximum Gasteiger partial charge on any atom is 0.251 e. The highest BCUT2D eigenvalue weighted by atomic mass is 16.5. The topological polar surface area (TPSA) is 101 Å². The highest BCUT2D eigenvalue weighted by Crippen LogP contribution is 2.26. The van der Waals surface area contributed by atoms with Gasteiger partial charge in [0.25, 0.3) is 5.91 Å². The predicted molar refractivity (Wildman–Crippen MR) is 116 cm³/mol. The van der Waals surface area contributed by atoms with Crippen molar-refractivity contribution < 1.29 is 19.5 Å². The van der Waals surface area contributed by atoms with Crippen molar-refractivity contribution in [3.05, 3.63) is 71.4 Å². The lowest BCUT2D eigenvalue weighted by atomic mass is 10.0. The van der Waals surface area contributed by atoms with E-state index in [2.05, 4.69) is 10.3 Å². The second-order valence-electron chi connectivity index (χ2n) is 7.85. The largest absolute Gasteiger partial charge is 0.489 e. The van der Waals surface area contributed by atoms with Crippen molar-refractivity contribution in [2.24, 2.45) is 5.92 Å². The number of amides is 2. The van der Waals surface area contributed by atoms with Gasteiger partial charge in [-0.3, -0.25) is 19.8 Å². The highest BCUT2D eigenvalue weighted by molar-refractivity contribution is 5.95. The molecule has 0 aliphatic heterocycles. The number of fused-ring (bicyclic) bond motifs is 1. The minimum absolute atomic E-state index is 0.245. The fourth-order valence-electron chi connectivity index (χ4n) is 4.16. The molecule has 0 saturated heterocycles. The van der Waals surface area contributed by atoms with Gasteiger partial charge in [-0.05, 0) is 56.2 Å². The summed E-state index contributed by atoms with van der Waals surface area (Å²) in [5.74, 6) is -0.445. The lowest BCUT2D eigenvalue weighted by Gasteiger charge is -2.19. The number of para-hydroxylation sites is 1. The molecule has 0 unspecified atom stereocenters. The minimum Gasteiger partial charge on any atom is -0.489 e. The van der Waals surface area contributed by atoms with E-state index in [1.165, 1.54) is 0 Å². The molecule has 1 fully saturated rings. The fraction of sp³-hybridized carbons (Fsp3) is 0.292. The third-order valence-electron chi connectivity index (χ3n) is 5.72. The quantitative estimate of drug-likeness (QED) is 0.419. The molecule has 31 heavy (non-hydrogen) atoms. The van der Waals surface area contributed by atoms with Crippen molar-refractivity contribution in [2.45, 2.75) is 38.8 Å². The maximum atomic E-state index is 12.6. The molecule has 160 valence electrons. The lowest BCUT2D eigenvalue weighted by molar-refractivity contribution is -0.133. The Morgan fingerprint density at radius 2 is 1.90 bits per heavy atom. The molecule has 2 amide bonds. The van der Waals surface area contributed by atoms with E-state index in [0.717, 1.165) is 28.6 Å². The predicted octanol–water partition coefficient (Wildman–Crippen LogP) is 3.53. The van der Waals surface area contributed by atoms with E-state index in [4.69, 9.17) is 9.94 Å². The van der Waals surface area contributed by atoms with Crippen molar-refractivity contribution in [3.63, 3.8) is 0 Å². The standard InChI is InChI=1S/C24H25N3O4/c1-15-13-17(19-5-2-3-7-21(19)25-15)14-31-18-11-9-16(10-12-18)23(28)26-22-8-4-6-20(22)24(29)27-30/h2-3,5,7,9-13,20,22,30H,4,6,8,14H2,1H3,(H,26,28)(H,27,29)/t20-,22-/m0/s1. The number of carbonyl (C=O) groups excluding carboxylic acids is 2. The van der Waals surface area contributed by atoms with E-state index in [1.807, 2.05) is 37.3 Å². The summed E-state index contributed by atoms with van der Waals surface area (Å²) in [5.41, 5.74) is 5.11. The Morgan fingerprint density at radius 1 is 1.13 bits per heavy atom. The van der Waals surface area contributed by atoms with Crippen LogP contribution in [0.5, 0.6) is 5.75 Å². The number of carbonyl (C=O) groups is 2. The number of pyridine rings is 1. The molecular formula is C24H25N3O4. The number of aromatic nitrogens is 1. The van der Waals surface area contributed by atoms with Gasteiger partial charge in [0.2, 0.25) is 5.91 Å². The Kier molecular flexibility index (Phi) is 6.13. The van der Waals surface area contributed by atoms with Crippen LogP contribution in [0.4, 0.5) is 0 Å². The number of nitrogens with zero attached hydrogens (tertiary/aromatic N) is 1. The van der Waals surface area contributed by atoms with Gasteiger partial charge in [0, 0.05) is 28.2 Å². The van der Waals surface area contributed by atoms with Crippen LogP contribution in [-0.4, -0.2) is 28.0 Å². The number of benzene rings is 2. The highest BCUT2D eigenvalue weighted by Gasteiger charge is 2.34. The molecule has 1 aliphatic carbocycles. The molecule has 4 rings (SSSR count). The number of rotatable bonds is 6. The summed E-state index contributed by atoms with van der Waals surface area (Å²) in [6.07, 6.45) is 2.19. The summed E-state index contributed by atoms with van der Waals surface area (Å²) in [5, 5.41) is 12.8. The Morgan fingerprint density at radius 3 is 2.68 bits per heavy atom. The summed E-state index contributed by atoms with van der Waals surface area (Å²) in [7, 11) is 0. The van der Waals surface area contributed by atoms with Crippen molar-refractivity contribution in [1.29, 1.82) is 0 Å². The zero-order valence-corrected chi connectivity index (χ0v) is 17.3. The molecule has 2 atom stereocenters. The number of ether oxygens (including phenoxy) is 1. The lowest BCUT2D eigenvalue weighted by Crippen LogP contribution is -2.43. The number of hydroxylamine groups is 1.